The third-order valence-corrected chi connectivity index (χ3v) is 7.32. The molecule has 180 valence electrons. The molecule has 0 radical (unpaired) electrons. The summed E-state index contributed by atoms with van der Waals surface area (Å²) in [6, 6.07) is 8.43. The smallest absolute Gasteiger partial charge is 0.267 e. The second-order valence-electron chi connectivity index (χ2n) is 8.70. The monoisotopic (exact) mass is 484 g/mol. The van der Waals surface area contributed by atoms with Crippen molar-refractivity contribution >= 4 is 21.9 Å². The van der Waals surface area contributed by atoms with Gasteiger partial charge in [0, 0.05) is 37.3 Å². The fourth-order valence-electron chi connectivity index (χ4n) is 4.10. The predicted molar refractivity (Wildman–Crippen MR) is 126 cm³/mol. The van der Waals surface area contributed by atoms with Crippen molar-refractivity contribution in [3.63, 3.8) is 0 Å². The van der Waals surface area contributed by atoms with Crippen molar-refractivity contribution in [2.45, 2.75) is 49.3 Å². The summed E-state index contributed by atoms with van der Waals surface area (Å²) in [6.45, 7) is 2.13. The number of amides is 1. The predicted octanol–water partition coefficient (Wildman–Crippen LogP) is 3.38. The summed E-state index contributed by atoms with van der Waals surface area (Å²) < 4.78 is 35.6. The molecule has 3 aromatic rings. The average molecular weight is 485 g/mol. The Bertz CT molecular complexity index is 1300. The molecule has 2 heterocycles. The topological polar surface area (TPSA) is 128 Å². The van der Waals surface area contributed by atoms with Crippen molar-refractivity contribution in [2.75, 3.05) is 11.8 Å². The number of nitrogens with zero attached hydrogens (tertiary/aromatic N) is 4. The molecule has 1 fully saturated rings. The number of ether oxygens (including phenoxy) is 1. The van der Waals surface area contributed by atoms with Crippen LogP contribution in [0.1, 0.15) is 55.1 Å². The first-order chi connectivity index (χ1) is 16.2. The molecule has 34 heavy (non-hydrogen) atoms. The van der Waals surface area contributed by atoms with Crippen LogP contribution >= 0.6 is 0 Å². The SMILES string of the molecule is CNC(=O)c1cccc(Oc2cc(C3(C)CCCCC3)nc(NS(=O)(=O)c3cnn(C)c3)n2)c1. The summed E-state index contributed by atoms with van der Waals surface area (Å²) in [5.74, 6) is 0.273. The highest BCUT2D eigenvalue weighted by Crippen LogP contribution is 2.39. The molecule has 0 spiro atoms. The molecule has 2 N–H and O–H groups in total. The van der Waals surface area contributed by atoms with E-state index in [4.69, 9.17) is 4.74 Å². The van der Waals surface area contributed by atoms with Gasteiger partial charge >= 0.3 is 0 Å². The number of anilines is 1. The first kappa shape index (κ1) is 23.7. The van der Waals surface area contributed by atoms with Gasteiger partial charge in [-0.2, -0.15) is 10.1 Å². The largest absolute Gasteiger partial charge is 0.439 e. The second-order valence-corrected chi connectivity index (χ2v) is 10.4. The van der Waals surface area contributed by atoms with Gasteiger partial charge in [-0.3, -0.25) is 9.48 Å². The van der Waals surface area contributed by atoms with Crippen molar-refractivity contribution in [1.29, 1.82) is 0 Å². The maximum Gasteiger partial charge on any atom is 0.267 e. The molecule has 4 rings (SSSR count). The van der Waals surface area contributed by atoms with Crippen molar-refractivity contribution < 1.29 is 17.9 Å². The highest BCUT2D eigenvalue weighted by atomic mass is 32.2. The Kier molecular flexibility index (Phi) is 6.56. The highest BCUT2D eigenvalue weighted by molar-refractivity contribution is 7.92. The summed E-state index contributed by atoms with van der Waals surface area (Å²) in [6.07, 6.45) is 7.83. The van der Waals surface area contributed by atoms with Crippen LogP contribution in [-0.2, 0) is 22.5 Å². The summed E-state index contributed by atoms with van der Waals surface area (Å²) in [4.78, 5) is 20.9. The summed E-state index contributed by atoms with van der Waals surface area (Å²) in [7, 11) is -0.746. The first-order valence-electron chi connectivity index (χ1n) is 11.1. The molecule has 10 nitrogen and oxygen atoms in total. The van der Waals surface area contributed by atoms with E-state index in [9.17, 15) is 13.2 Å². The van der Waals surface area contributed by atoms with Crippen LogP contribution in [0.25, 0.3) is 0 Å². The van der Waals surface area contributed by atoms with Crippen molar-refractivity contribution in [3.05, 3.63) is 54.0 Å². The Hall–Kier alpha value is -3.47. The maximum absolute atomic E-state index is 12.9. The fraction of sp³-hybridized carbons (Fsp3) is 0.391. The molecule has 0 saturated heterocycles. The van der Waals surface area contributed by atoms with E-state index in [1.54, 1.807) is 44.4 Å². The van der Waals surface area contributed by atoms with E-state index in [2.05, 4.69) is 32.0 Å². The molecule has 11 heteroatoms. The maximum atomic E-state index is 12.9. The molecule has 1 aliphatic rings. The van der Waals surface area contributed by atoms with E-state index >= 15 is 0 Å². The minimum Gasteiger partial charge on any atom is -0.439 e. The lowest BCUT2D eigenvalue weighted by molar-refractivity contribution is 0.0962. The summed E-state index contributed by atoms with van der Waals surface area (Å²) in [5.41, 5.74) is 0.923. The fourth-order valence-corrected chi connectivity index (χ4v) is 5.03. The molecule has 1 amide bonds. The van der Waals surface area contributed by atoms with Gasteiger partial charge in [0.2, 0.25) is 11.8 Å². The number of aryl methyl sites for hydroxylation is 1. The number of hydrogen-bond acceptors (Lipinski definition) is 7. The lowest BCUT2D eigenvalue weighted by atomic mass is 9.73. The van der Waals surface area contributed by atoms with Crippen LogP contribution in [0, 0.1) is 0 Å². The molecular weight excluding hydrogens is 456 g/mol. The molecule has 0 unspecified atom stereocenters. The number of rotatable bonds is 7. The normalized spacial score (nSPS) is 15.5. The van der Waals surface area contributed by atoms with Gasteiger partial charge in [0.05, 0.1) is 11.9 Å². The number of benzene rings is 1. The minimum absolute atomic E-state index is 0.00799. The third-order valence-electron chi connectivity index (χ3n) is 6.04. The number of nitrogens with one attached hydrogen (secondary N) is 2. The van der Waals surface area contributed by atoms with E-state index in [0.29, 0.717) is 17.0 Å². The molecular formula is C23H28N6O4S. The van der Waals surface area contributed by atoms with Gasteiger partial charge in [0.25, 0.3) is 15.9 Å². The van der Waals surface area contributed by atoms with E-state index in [-0.39, 0.29) is 28.0 Å². The molecule has 1 saturated carbocycles. The highest BCUT2D eigenvalue weighted by Gasteiger charge is 2.32. The van der Waals surface area contributed by atoms with Gasteiger partial charge in [-0.1, -0.05) is 32.3 Å². The Balaban J connectivity index is 1.71. The summed E-state index contributed by atoms with van der Waals surface area (Å²) >= 11 is 0. The van der Waals surface area contributed by atoms with Gasteiger partial charge < -0.3 is 10.1 Å². The number of carbonyl (C=O) groups is 1. The average Bonchev–Trinajstić information content (AvgIpc) is 3.26. The van der Waals surface area contributed by atoms with E-state index < -0.39 is 10.0 Å². The standard InChI is InChI=1S/C23H28N6O4S/c1-23(10-5-4-6-11-23)19-13-20(33-17-9-7-8-16(12-17)21(30)24-2)27-22(26-19)28-34(31,32)18-14-25-29(3)15-18/h7-9,12-15H,4-6,10-11H2,1-3H3,(H,24,30)(H,26,27,28). The van der Waals surface area contributed by atoms with Crippen LogP contribution in [0.5, 0.6) is 11.6 Å². The third kappa shape index (κ3) is 5.19. The van der Waals surface area contributed by atoms with Crippen LogP contribution in [-0.4, -0.2) is 41.1 Å². The Morgan fingerprint density at radius 2 is 1.91 bits per heavy atom. The quantitative estimate of drug-likeness (QED) is 0.526. The molecule has 0 aliphatic heterocycles. The van der Waals surface area contributed by atoms with E-state index in [1.807, 2.05) is 0 Å². The van der Waals surface area contributed by atoms with Crippen molar-refractivity contribution in [2.24, 2.45) is 7.05 Å². The van der Waals surface area contributed by atoms with Crippen LogP contribution in [0.2, 0.25) is 0 Å². The van der Waals surface area contributed by atoms with Crippen LogP contribution < -0.4 is 14.8 Å². The zero-order chi connectivity index (χ0) is 24.3. The molecule has 1 aliphatic carbocycles. The van der Waals surface area contributed by atoms with Crippen LogP contribution in [0.15, 0.2) is 47.6 Å². The first-order valence-corrected chi connectivity index (χ1v) is 12.6. The van der Waals surface area contributed by atoms with E-state index in [0.717, 1.165) is 32.1 Å². The van der Waals surface area contributed by atoms with Crippen molar-refractivity contribution in [1.82, 2.24) is 25.1 Å². The van der Waals surface area contributed by atoms with Gasteiger partial charge in [-0.05, 0) is 31.0 Å². The van der Waals surface area contributed by atoms with Gasteiger partial charge in [0.1, 0.15) is 10.6 Å². The summed E-state index contributed by atoms with van der Waals surface area (Å²) in [5, 5.41) is 6.51. The Morgan fingerprint density at radius 1 is 1.15 bits per heavy atom. The molecule has 2 aromatic heterocycles. The number of carbonyl (C=O) groups excluding carboxylic acids is 1. The van der Waals surface area contributed by atoms with E-state index in [1.165, 1.54) is 17.1 Å². The minimum atomic E-state index is -3.94. The van der Waals surface area contributed by atoms with Gasteiger partial charge in [-0.15, -0.1) is 0 Å². The number of aromatic nitrogens is 4. The van der Waals surface area contributed by atoms with Gasteiger partial charge in [0.15, 0.2) is 0 Å². The van der Waals surface area contributed by atoms with Gasteiger partial charge in [-0.25, -0.2) is 18.1 Å². The number of hydrogen-bond donors (Lipinski definition) is 2. The van der Waals surface area contributed by atoms with Crippen LogP contribution in [0.3, 0.4) is 0 Å². The Morgan fingerprint density at radius 3 is 2.59 bits per heavy atom. The second kappa shape index (κ2) is 9.41. The zero-order valence-corrected chi connectivity index (χ0v) is 20.2. The lowest BCUT2D eigenvalue weighted by Crippen LogP contribution is -2.27. The zero-order valence-electron chi connectivity index (χ0n) is 19.4. The number of sulfonamides is 1. The van der Waals surface area contributed by atoms with Crippen molar-refractivity contribution in [3.8, 4) is 11.6 Å². The van der Waals surface area contributed by atoms with Crippen LogP contribution in [0.4, 0.5) is 5.95 Å². The molecule has 0 atom stereocenters. The Labute approximate surface area is 198 Å². The molecule has 0 bridgehead atoms. The molecule has 1 aromatic carbocycles. The lowest BCUT2D eigenvalue weighted by Gasteiger charge is -2.33.